The highest BCUT2D eigenvalue weighted by Gasteiger charge is 2.16. The SMILES string of the molecule is O=C(CCCS(=O)(=O)c1ccc(Cl)cc1)Nc1nc2c(Cl)c(Cl)ccc2s1. The second kappa shape index (κ2) is 8.32. The molecule has 1 amide bonds. The zero-order chi connectivity index (χ0) is 19.6. The maximum atomic E-state index is 12.3. The van der Waals surface area contributed by atoms with Gasteiger partial charge in [0.15, 0.2) is 15.0 Å². The lowest BCUT2D eigenvalue weighted by Crippen LogP contribution is -2.14. The third-order valence-electron chi connectivity index (χ3n) is 3.69. The monoisotopic (exact) mass is 462 g/mol. The van der Waals surface area contributed by atoms with Gasteiger partial charge in [-0.05, 0) is 42.8 Å². The molecule has 3 aromatic rings. The topological polar surface area (TPSA) is 76.1 Å². The molecule has 0 bridgehead atoms. The van der Waals surface area contributed by atoms with Gasteiger partial charge in [-0.2, -0.15) is 0 Å². The van der Waals surface area contributed by atoms with Crippen LogP contribution >= 0.6 is 46.1 Å². The molecular formula is C17H13Cl3N2O3S2. The number of carbonyl (C=O) groups excluding carboxylic acids is 1. The van der Waals surface area contributed by atoms with Crippen molar-refractivity contribution in [3.63, 3.8) is 0 Å². The molecule has 0 saturated heterocycles. The van der Waals surface area contributed by atoms with Crippen molar-refractivity contribution in [2.45, 2.75) is 17.7 Å². The van der Waals surface area contributed by atoms with Crippen LogP contribution < -0.4 is 5.32 Å². The highest BCUT2D eigenvalue weighted by Crippen LogP contribution is 2.35. The van der Waals surface area contributed by atoms with Crippen LogP contribution in [-0.4, -0.2) is 25.1 Å². The van der Waals surface area contributed by atoms with Crippen molar-refractivity contribution in [1.29, 1.82) is 0 Å². The Morgan fingerprint density at radius 2 is 1.78 bits per heavy atom. The van der Waals surface area contributed by atoms with Gasteiger partial charge in [0.25, 0.3) is 0 Å². The Morgan fingerprint density at radius 1 is 1.07 bits per heavy atom. The number of carbonyl (C=O) groups is 1. The maximum Gasteiger partial charge on any atom is 0.226 e. The summed E-state index contributed by atoms with van der Waals surface area (Å²) in [6.07, 6.45) is 0.242. The molecular weight excluding hydrogens is 451 g/mol. The van der Waals surface area contributed by atoms with Crippen LogP contribution in [-0.2, 0) is 14.6 Å². The number of anilines is 1. The first-order chi connectivity index (χ1) is 12.8. The highest BCUT2D eigenvalue weighted by molar-refractivity contribution is 7.91. The van der Waals surface area contributed by atoms with E-state index in [2.05, 4.69) is 10.3 Å². The number of benzene rings is 2. The molecule has 10 heteroatoms. The fourth-order valence-corrected chi connectivity index (χ4v) is 5.10. The van der Waals surface area contributed by atoms with Crippen LogP contribution in [0.15, 0.2) is 41.3 Å². The van der Waals surface area contributed by atoms with E-state index in [1.807, 2.05) is 0 Å². The number of amides is 1. The van der Waals surface area contributed by atoms with Crippen molar-refractivity contribution in [1.82, 2.24) is 4.98 Å². The predicted octanol–water partition coefficient (Wildman–Crippen LogP) is 5.45. The Hall–Kier alpha value is -1.38. The molecule has 2 aromatic carbocycles. The Labute approximate surface area is 175 Å². The van der Waals surface area contributed by atoms with Crippen LogP contribution in [0, 0.1) is 0 Å². The lowest BCUT2D eigenvalue weighted by atomic mass is 10.3. The molecule has 0 aliphatic carbocycles. The Morgan fingerprint density at radius 3 is 2.48 bits per heavy atom. The number of aromatic nitrogens is 1. The molecule has 1 heterocycles. The number of thiazole rings is 1. The van der Waals surface area contributed by atoms with Gasteiger partial charge in [0, 0.05) is 11.4 Å². The van der Waals surface area contributed by atoms with Gasteiger partial charge in [-0.15, -0.1) is 0 Å². The minimum absolute atomic E-state index is 0.0528. The van der Waals surface area contributed by atoms with Crippen molar-refractivity contribution in [3.05, 3.63) is 51.5 Å². The summed E-state index contributed by atoms with van der Waals surface area (Å²) in [5, 5.41) is 4.24. The first-order valence-electron chi connectivity index (χ1n) is 7.79. The number of nitrogens with zero attached hydrogens (tertiary/aromatic N) is 1. The molecule has 1 N–H and O–H groups in total. The molecule has 0 fully saturated rings. The van der Waals surface area contributed by atoms with Crippen LogP contribution in [0.5, 0.6) is 0 Å². The van der Waals surface area contributed by atoms with E-state index in [-0.39, 0.29) is 29.4 Å². The van der Waals surface area contributed by atoms with E-state index in [0.717, 1.165) is 4.70 Å². The van der Waals surface area contributed by atoms with Crippen LogP contribution in [0.2, 0.25) is 15.1 Å². The maximum absolute atomic E-state index is 12.3. The number of fused-ring (bicyclic) bond motifs is 1. The third-order valence-corrected chi connectivity index (χ3v) is 7.49. The fraction of sp³-hybridized carbons (Fsp3) is 0.176. The van der Waals surface area contributed by atoms with Crippen LogP contribution in [0.25, 0.3) is 10.2 Å². The van der Waals surface area contributed by atoms with Gasteiger partial charge in [-0.25, -0.2) is 13.4 Å². The Bertz CT molecular complexity index is 1100. The first-order valence-corrected chi connectivity index (χ1v) is 11.4. The molecule has 142 valence electrons. The summed E-state index contributed by atoms with van der Waals surface area (Å²) < 4.78 is 25.3. The molecule has 0 saturated carbocycles. The molecule has 5 nitrogen and oxygen atoms in total. The van der Waals surface area contributed by atoms with Crippen molar-refractivity contribution >= 4 is 77.2 Å². The summed E-state index contributed by atoms with van der Waals surface area (Å²) in [5.74, 6) is -0.453. The van der Waals surface area contributed by atoms with Gasteiger partial charge >= 0.3 is 0 Å². The number of hydrogen-bond acceptors (Lipinski definition) is 5. The normalized spacial score (nSPS) is 11.7. The molecule has 3 rings (SSSR count). The van der Waals surface area contributed by atoms with Gasteiger partial charge < -0.3 is 5.32 Å². The molecule has 0 unspecified atom stereocenters. The lowest BCUT2D eigenvalue weighted by molar-refractivity contribution is -0.116. The largest absolute Gasteiger partial charge is 0.302 e. The highest BCUT2D eigenvalue weighted by atomic mass is 35.5. The number of rotatable bonds is 6. The second-order valence-corrected chi connectivity index (χ2v) is 10.0. The van der Waals surface area contributed by atoms with E-state index in [4.69, 9.17) is 34.8 Å². The minimum atomic E-state index is -3.46. The standard InChI is InChI=1S/C17H13Cl3N2O3S2/c18-10-3-5-11(6-4-10)27(24,25)9-1-2-14(23)21-17-22-16-13(26-17)8-7-12(19)15(16)20/h3-8H,1-2,9H2,(H,21,22,23). The van der Waals surface area contributed by atoms with Crippen molar-refractivity contribution in [3.8, 4) is 0 Å². The summed E-state index contributed by atoms with van der Waals surface area (Å²) in [7, 11) is -3.46. The second-order valence-electron chi connectivity index (χ2n) is 5.65. The van der Waals surface area contributed by atoms with Gasteiger partial charge in [-0.1, -0.05) is 46.1 Å². The number of sulfone groups is 1. The summed E-state index contributed by atoms with van der Waals surface area (Å²) >= 11 is 19.1. The van der Waals surface area contributed by atoms with E-state index in [9.17, 15) is 13.2 Å². The molecule has 27 heavy (non-hydrogen) atoms. The average molecular weight is 464 g/mol. The molecule has 1 aromatic heterocycles. The summed E-state index contributed by atoms with van der Waals surface area (Å²) in [6, 6.07) is 9.38. The van der Waals surface area contributed by atoms with Crippen LogP contribution in [0.4, 0.5) is 5.13 Å². The number of hydrogen-bond donors (Lipinski definition) is 1. The molecule has 0 aliphatic rings. The quantitative estimate of drug-likeness (QED) is 0.527. The number of nitrogens with one attached hydrogen (secondary N) is 1. The Balaban J connectivity index is 1.58. The average Bonchev–Trinajstić information content (AvgIpc) is 3.01. The van der Waals surface area contributed by atoms with E-state index < -0.39 is 9.84 Å². The van der Waals surface area contributed by atoms with Crippen molar-refractivity contribution in [2.75, 3.05) is 11.1 Å². The first kappa shape index (κ1) is 20.4. The Kier molecular flexibility index (Phi) is 6.28. The zero-order valence-corrected chi connectivity index (χ0v) is 17.6. The fourth-order valence-electron chi connectivity index (χ4n) is 2.36. The summed E-state index contributed by atoms with van der Waals surface area (Å²) in [6.45, 7) is 0. The smallest absolute Gasteiger partial charge is 0.226 e. The van der Waals surface area contributed by atoms with E-state index in [0.29, 0.717) is 25.7 Å². The van der Waals surface area contributed by atoms with Gasteiger partial charge in [0.05, 0.1) is 25.4 Å². The van der Waals surface area contributed by atoms with Gasteiger partial charge in [-0.3, -0.25) is 4.79 Å². The van der Waals surface area contributed by atoms with Gasteiger partial charge in [0.1, 0.15) is 5.52 Å². The molecule has 0 atom stereocenters. The molecule has 0 radical (unpaired) electrons. The molecule has 0 aliphatic heterocycles. The molecule has 0 spiro atoms. The predicted molar refractivity (Wildman–Crippen MR) is 111 cm³/mol. The van der Waals surface area contributed by atoms with Crippen LogP contribution in [0.3, 0.4) is 0 Å². The van der Waals surface area contributed by atoms with Crippen molar-refractivity contribution in [2.24, 2.45) is 0 Å². The van der Waals surface area contributed by atoms with E-state index in [1.165, 1.54) is 35.6 Å². The van der Waals surface area contributed by atoms with E-state index in [1.54, 1.807) is 12.1 Å². The lowest BCUT2D eigenvalue weighted by Gasteiger charge is -2.05. The van der Waals surface area contributed by atoms with E-state index >= 15 is 0 Å². The summed E-state index contributed by atoms with van der Waals surface area (Å²) in [4.78, 5) is 16.5. The van der Waals surface area contributed by atoms with Crippen LogP contribution in [0.1, 0.15) is 12.8 Å². The minimum Gasteiger partial charge on any atom is -0.302 e. The number of halogens is 3. The third kappa shape index (κ3) is 4.92. The van der Waals surface area contributed by atoms with Crippen molar-refractivity contribution < 1.29 is 13.2 Å². The van der Waals surface area contributed by atoms with Gasteiger partial charge in [0.2, 0.25) is 5.91 Å². The summed E-state index contributed by atoms with van der Waals surface area (Å²) in [5.41, 5.74) is 0.523. The zero-order valence-electron chi connectivity index (χ0n) is 13.7.